The van der Waals surface area contributed by atoms with Crippen LogP contribution in [0.5, 0.6) is 5.75 Å². The van der Waals surface area contributed by atoms with Crippen LogP contribution in [-0.2, 0) is 4.57 Å². The standard InChI is InChI=1S/C8H12NO4P.2Na/c1-13-8-4-2-7(3-5-8)9-6-14(10,11)12;;/h2-5,9H,6H2,1H3,(H2,10,11,12);;/q;2*+1/p-2. The van der Waals surface area contributed by atoms with Gasteiger partial charge in [0.15, 0.2) is 0 Å². The van der Waals surface area contributed by atoms with Crippen molar-refractivity contribution in [1.82, 2.24) is 0 Å². The van der Waals surface area contributed by atoms with Gasteiger partial charge < -0.3 is 24.4 Å². The van der Waals surface area contributed by atoms with Gasteiger partial charge in [-0.1, -0.05) is 0 Å². The Bertz CT molecular complexity index is 340. The normalized spacial score (nSPS) is 9.69. The van der Waals surface area contributed by atoms with Crippen molar-refractivity contribution in [3.63, 3.8) is 0 Å². The second-order valence-corrected chi connectivity index (χ2v) is 4.21. The molecule has 0 aliphatic rings. The minimum Gasteiger partial charge on any atom is -0.810 e. The molecule has 78 valence electrons. The first-order valence-corrected chi connectivity index (χ1v) is 5.63. The van der Waals surface area contributed by atoms with Crippen LogP contribution in [0.15, 0.2) is 24.3 Å². The molecule has 0 aliphatic carbocycles. The third kappa shape index (κ3) is 8.12. The van der Waals surface area contributed by atoms with E-state index in [2.05, 4.69) is 5.32 Å². The summed E-state index contributed by atoms with van der Waals surface area (Å²) in [5.41, 5.74) is 0.567. The number of methoxy groups -OCH3 is 1. The molecule has 0 bridgehead atoms. The van der Waals surface area contributed by atoms with Crippen LogP contribution in [-0.4, -0.2) is 13.4 Å². The Morgan fingerprint density at radius 2 is 1.75 bits per heavy atom. The van der Waals surface area contributed by atoms with Gasteiger partial charge in [-0.2, -0.15) is 0 Å². The van der Waals surface area contributed by atoms with Crippen LogP contribution in [0.2, 0.25) is 0 Å². The number of hydrogen-bond acceptors (Lipinski definition) is 5. The molecule has 0 aliphatic heterocycles. The molecule has 1 N–H and O–H groups in total. The van der Waals surface area contributed by atoms with Crippen LogP contribution >= 0.6 is 7.60 Å². The van der Waals surface area contributed by atoms with Gasteiger partial charge in [0.25, 0.3) is 0 Å². The van der Waals surface area contributed by atoms with Gasteiger partial charge in [0, 0.05) is 12.0 Å². The Balaban J connectivity index is 0. The Morgan fingerprint density at radius 1 is 1.25 bits per heavy atom. The maximum atomic E-state index is 10.3. The third-order valence-electron chi connectivity index (χ3n) is 1.57. The first-order valence-electron chi connectivity index (χ1n) is 3.90. The molecule has 0 radical (unpaired) electrons. The Kier molecular flexibility index (Phi) is 10.8. The zero-order valence-electron chi connectivity index (χ0n) is 9.60. The molecule has 1 aromatic rings. The van der Waals surface area contributed by atoms with Crippen LogP contribution in [0.4, 0.5) is 5.69 Å². The van der Waals surface area contributed by atoms with Gasteiger partial charge in [-0.25, -0.2) is 0 Å². The summed E-state index contributed by atoms with van der Waals surface area (Å²) in [7, 11) is -2.96. The van der Waals surface area contributed by atoms with Gasteiger partial charge in [0.1, 0.15) is 5.75 Å². The Hall–Kier alpha value is 0.970. The summed E-state index contributed by atoms with van der Waals surface area (Å²) in [5.74, 6) is 0.669. The SMILES string of the molecule is COc1ccc(NCP(=O)([O-])[O-])cc1.[Na+].[Na+]. The topological polar surface area (TPSA) is 84.5 Å². The summed E-state index contributed by atoms with van der Waals surface area (Å²) in [6.07, 6.45) is -0.584. The van der Waals surface area contributed by atoms with Crippen molar-refractivity contribution in [2.75, 3.05) is 18.7 Å². The Labute approximate surface area is 139 Å². The smallest absolute Gasteiger partial charge is 0.810 e. The quantitative estimate of drug-likeness (QED) is 0.431. The van der Waals surface area contributed by atoms with E-state index in [0.717, 1.165) is 0 Å². The molecular formula is C8H10NNa2O4P. The van der Waals surface area contributed by atoms with Crippen molar-refractivity contribution < 1.29 is 78.2 Å². The van der Waals surface area contributed by atoms with E-state index >= 15 is 0 Å². The summed E-state index contributed by atoms with van der Waals surface area (Å²) in [6.45, 7) is 0. The summed E-state index contributed by atoms with van der Waals surface area (Å²) < 4.78 is 15.2. The van der Waals surface area contributed by atoms with Gasteiger partial charge in [-0.05, 0) is 31.9 Å². The molecular weight excluding hydrogens is 251 g/mol. The number of rotatable bonds is 4. The van der Waals surface area contributed by atoms with Crippen molar-refractivity contribution >= 4 is 13.3 Å². The second kappa shape index (κ2) is 8.97. The predicted octanol–water partition coefficient (Wildman–Crippen LogP) is -6.01. The number of anilines is 1. The number of hydrogen-bond donors (Lipinski definition) is 1. The molecule has 0 spiro atoms. The average molecular weight is 261 g/mol. The fourth-order valence-corrected chi connectivity index (χ4v) is 1.27. The van der Waals surface area contributed by atoms with E-state index in [-0.39, 0.29) is 59.1 Å². The summed E-state index contributed by atoms with van der Waals surface area (Å²) in [5, 5.41) is 2.49. The fourth-order valence-electron chi connectivity index (χ4n) is 0.897. The first-order chi connectivity index (χ1) is 6.51. The van der Waals surface area contributed by atoms with Crippen LogP contribution in [0.1, 0.15) is 0 Å². The fraction of sp³-hybridized carbons (Fsp3) is 0.250. The third-order valence-corrected chi connectivity index (χ3v) is 2.11. The summed E-state index contributed by atoms with van der Waals surface area (Å²) in [6, 6.07) is 6.61. The molecule has 0 saturated heterocycles. The van der Waals surface area contributed by atoms with Crippen LogP contribution in [0, 0.1) is 0 Å². The molecule has 0 amide bonds. The molecule has 0 unspecified atom stereocenters. The minimum atomic E-state index is -4.49. The van der Waals surface area contributed by atoms with E-state index in [0.29, 0.717) is 11.4 Å². The van der Waals surface area contributed by atoms with Gasteiger partial charge in [0.05, 0.1) is 7.11 Å². The zero-order chi connectivity index (χ0) is 10.6. The van der Waals surface area contributed by atoms with E-state index in [1.807, 2.05) is 0 Å². The van der Waals surface area contributed by atoms with Gasteiger partial charge in [-0.15, -0.1) is 0 Å². The largest absolute Gasteiger partial charge is 1.00 e. The van der Waals surface area contributed by atoms with E-state index in [1.54, 1.807) is 24.3 Å². The van der Waals surface area contributed by atoms with E-state index < -0.39 is 13.9 Å². The molecule has 8 heteroatoms. The maximum Gasteiger partial charge on any atom is 1.00 e. The maximum absolute atomic E-state index is 10.3. The molecule has 1 rings (SSSR count). The molecule has 0 heterocycles. The van der Waals surface area contributed by atoms with Crippen molar-refractivity contribution in [3.05, 3.63) is 24.3 Å². The van der Waals surface area contributed by atoms with E-state index in [9.17, 15) is 14.4 Å². The van der Waals surface area contributed by atoms with Crippen molar-refractivity contribution in [2.45, 2.75) is 0 Å². The average Bonchev–Trinajstić information content (AvgIpc) is 2.14. The van der Waals surface area contributed by atoms with Gasteiger partial charge in [-0.3, -0.25) is 0 Å². The molecule has 0 saturated carbocycles. The number of ether oxygens (including phenoxy) is 1. The van der Waals surface area contributed by atoms with Crippen LogP contribution < -0.4 is 79.0 Å². The Morgan fingerprint density at radius 3 is 2.12 bits per heavy atom. The van der Waals surface area contributed by atoms with Crippen molar-refractivity contribution in [1.29, 1.82) is 0 Å². The van der Waals surface area contributed by atoms with Crippen LogP contribution in [0.3, 0.4) is 0 Å². The van der Waals surface area contributed by atoms with E-state index in [1.165, 1.54) is 7.11 Å². The first kappa shape index (κ1) is 19.3. The monoisotopic (exact) mass is 261 g/mol. The number of benzene rings is 1. The minimum absolute atomic E-state index is 0. The second-order valence-electron chi connectivity index (χ2n) is 2.67. The van der Waals surface area contributed by atoms with Crippen molar-refractivity contribution in [3.8, 4) is 5.75 Å². The molecule has 5 nitrogen and oxygen atoms in total. The van der Waals surface area contributed by atoms with E-state index in [4.69, 9.17) is 4.74 Å². The van der Waals surface area contributed by atoms with Gasteiger partial charge >= 0.3 is 59.1 Å². The zero-order valence-corrected chi connectivity index (χ0v) is 14.5. The molecule has 16 heavy (non-hydrogen) atoms. The van der Waals surface area contributed by atoms with Crippen LogP contribution in [0.25, 0.3) is 0 Å². The predicted molar refractivity (Wildman–Crippen MR) is 49.1 cm³/mol. The summed E-state index contributed by atoms with van der Waals surface area (Å²) >= 11 is 0. The van der Waals surface area contributed by atoms with Gasteiger partial charge in [0.2, 0.25) is 0 Å². The molecule has 0 fully saturated rings. The molecule has 0 atom stereocenters. The molecule has 1 aromatic carbocycles. The van der Waals surface area contributed by atoms with Crippen molar-refractivity contribution in [2.24, 2.45) is 0 Å². The molecule has 0 aromatic heterocycles. The number of nitrogens with one attached hydrogen (secondary N) is 1. The summed E-state index contributed by atoms with van der Waals surface area (Å²) in [4.78, 5) is 20.6.